The lowest BCUT2D eigenvalue weighted by Crippen LogP contribution is -2.60. The summed E-state index contributed by atoms with van der Waals surface area (Å²) in [6.07, 6.45) is 3.76. The van der Waals surface area contributed by atoms with Crippen molar-refractivity contribution in [3.8, 4) is 5.75 Å². The number of nitrogens with zero attached hydrogens (tertiary/aromatic N) is 3. The van der Waals surface area contributed by atoms with E-state index in [0.29, 0.717) is 29.4 Å². The van der Waals surface area contributed by atoms with Crippen molar-refractivity contribution in [2.24, 2.45) is 0 Å². The number of nitrogens with one attached hydrogen (secondary N) is 1. The highest BCUT2D eigenvalue weighted by molar-refractivity contribution is 7.99. The number of carbonyl (C=O) groups is 2. The molecule has 0 aliphatic heterocycles. The number of aromatic nitrogens is 2. The molecule has 1 saturated carbocycles. The van der Waals surface area contributed by atoms with Gasteiger partial charge in [-0.05, 0) is 74.7 Å². The van der Waals surface area contributed by atoms with Crippen molar-refractivity contribution in [2.45, 2.75) is 63.2 Å². The average Bonchev–Trinajstić information content (AvgIpc) is 2.91. The van der Waals surface area contributed by atoms with E-state index in [4.69, 9.17) is 4.74 Å². The Morgan fingerprint density at radius 3 is 2.24 bits per heavy atom. The monoisotopic (exact) mass is 536 g/mol. The molecule has 2 amide bonds. The first-order chi connectivity index (χ1) is 18.3. The summed E-state index contributed by atoms with van der Waals surface area (Å²) in [6, 6.07) is 15.1. The number of carbonyl (C=O) groups excluding carboxylic acids is 2. The van der Waals surface area contributed by atoms with E-state index in [2.05, 4.69) is 15.3 Å². The summed E-state index contributed by atoms with van der Waals surface area (Å²) in [5.41, 5.74) is 2.02. The summed E-state index contributed by atoms with van der Waals surface area (Å²) >= 11 is 1.26. The van der Waals surface area contributed by atoms with Gasteiger partial charge < -0.3 is 15.0 Å². The molecule has 9 heteroatoms. The zero-order chi connectivity index (χ0) is 27.1. The van der Waals surface area contributed by atoms with E-state index in [1.807, 2.05) is 19.9 Å². The number of halogens is 1. The number of aryl methyl sites for hydroxylation is 2. The van der Waals surface area contributed by atoms with Crippen LogP contribution in [0, 0.1) is 19.7 Å². The van der Waals surface area contributed by atoms with Gasteiger partial charge in [-0.25, -0.2) is 14.4 Å². The van der Waals surface area contributed by atoms with Gasteiger partial charge in [-0.15, -0.1) is 0 Å². The molecule has 0 saturated heterocycles. The van der Waals surface area contributed by atoms with Gasteiger partial charge in [0.15, 0.2) is 5.16 Å². The first kappa shape index (κ1) is 27.6. The van der Waals surface area contributed by atoms with E-state index in [-0.39, 0.29) is 29.9 Å². The summed E-state index contributed by atoms with van der Waals surface area (Å²) in [5.74, 6) is 0.0222. The second-order valence-corrected chi connectivity index (χ2v) is 10.5. The number of thioether (sulfide) groups is 1. The molecule has 38 heavy (non-hydrogen) atoms. The molecule has 1 heterocycles. The molecule has 1 fully saturated rings. The number of anilines is 1. The molecule has 200 valence electrons. The molecule has 0 atom stereocenters. The molecule has 4 rings (SSSR count). The molecule has 3 aromatic rings. The minimum Gasteiger partial charge on any atom is -0.497 e. The topological polar surface area (TPSA) is 84.4 Å². The Morgan fingerprint density at radius 1 is 1.00 bits per heavy atom. The van der Waals surface area contributed by atoms with Gasteiger partial charge in [-0.3, -0.25) is 9.59 Å². The number of benzene rings is 2. The fraction of sp³-hybridized carbons (Fsp3) is 0.379. The molecular weight excluding hydrogens is 503 g/mol. The lowest BCUT2D eigenvalue weighted by molar-refractivity contribution is -0.146. The van der Waals surface area contributed by atoms with Crippen LogP contribution in [0.2, 0.25) is 0 Å². The van der Waals surface area contributed by atoms with Crippen LogP contribution in [0.3, 0.4) is 0 Å². The zero-order valence-electron chi connectivity index (χ0n) is 22.0. The van der Waals surface area contributed by atoms with Crippen molar-refractivity contribution >= 4 is 29.3 Å². The Labute approximate surface area is 227 Å². The molecule has 0 spiro atoms. The Kier molecular flexibility index (Phi) is 8.99. The van der Waals surface area contributed by atoms with Gasteiger partial charge in [-0.1, -0.05) is 43.2 Å². The predicted molar refractivity (Wildman–Crippen MR) is 147 cm³/mol. The van der Waals surface area contributed by atoms with Crippen LogP contribution in [0.1, 0.15) is 49.1 Å². The van der Waals surface area contributed by atoms with Gasteiger partial charge in [-0.2, -0.15) is 0 Å². The van der Waals surface area contributed by atoms with Gasteiger partial charge in [0.05, 0.1) is 12.9 Å². The maximum absolute atomic E-state index is 14.0. The molecule has 0 bridgehead atoms. The Morgan fingerprint density at radius 2 is 1.63 bits per heavy atom. The van der Waals surface area contributed by atoms with Crippen molar-refractivity contribution < 1.29 is 18.7 Å². The van der Waals surface area contributed by atoms with E-state index in [1.165, 1.54) is 23.9 Å². The van der Waals surface area contributed by atoms with E-state index in [1.54, 1.807) is 48.4 Å². The maximum Gasteiger partial charge on any atom is 0.250 e. The number of rotatable bonds is 9. The average molecular weight is 537 g/mol. The van der Waals surface area contributed by atoms with Gasteiger partial charge in [0.2, 0.25) is 11.8 Å². The fourth-order valence-electron chi connectivity index (χ4n) is 4.89. The van der Waals surface area contributed by atoms with Crippen LogP contribution in [0.5, 0.6) is 5.75 Å². The number of ether oxygens (including phenoxy) is 1. The van der Waals surface area contributed by atoms with Gasteiger partial charge in [0.1, 0.15) is 17.1 Å². The second kappa shape index (κ2) is 12.4. The van der Waals surface area contributed by atoms with Crippen molar-refractivity contribution in [3.63, 3.8) is 0 Å². The van der Waals surface area contributed by atoms with Crippen LogP contribution in [0.25, 0.3) is 0 Å². The molecule has 1 aromatic heterocycles. The van der Waals surface area contributed by atoms with Crippen molar-refractivity contribution in [1.82, 2.24) is 14.9 Å². The molecular formula is C29H33FN4O3S. The minimum absolute atomic E-state index is 0.0850. The number of amides is 2. The Balaban J connectivity index is 1.64. The van der Waals surface area contributed by atoms with Crippen molar-refractivity contribution in [3.05, 3.63) is 77.4 Å². The number of hydrogen-bond donors (Lipinski definition) is 1. The van der Waals surface area contributed by atoms with Gasteiger partial charge >= 0.3 is 0 Å². The third-order valence-electron chi connectivity index (χ3n) is 6.81. The number of hydrogen-bond acceptors (Lipinski definition) is 6. The quantitative estimate of drug-likeness (QED) is 0.279. The molecule has 1 aliphatic rings. The Hall–Kier alpha value is -3.46. The smallest absolute Gasteiger partial charge is 0.250 e. The molecule has 0 radical (unpaired) electrons. The van der Waals surface area contributed by atoms with E-state index < -0.39 is 5.54 Å². The van der Waals surface area contributed by atoms with Crippen LogP contribution in [0.4, 0.5) is 10.1 Å². The molecule has 1 aliphatic carbocycles. The molecule has 1 N–H and O–H groups in total. The van der Waals surface area contributed by atoms with Crippen LogP contribution in [-0.4, -0.2) is 45.1 Å². The van der Waals surface area contributed by atoms with Crippen LogP contribution < -0.4 is 10.1 Å². The zero-order valence-corrected chi connectivity index (χ0v) is 22.8. The third-order valence-corrected chi connectivity index (χ3v) is 7.64. The second-order valence-electron chi connectivity index (χ2n) is 9.60. The highest BCUT2D eigenvalue weighted by Gasteiger charge is 2.47. The van der Waals surface area contributed by atoms with E-state index >= 15 is 0 Å². The summed E-state index contributed by atoms with van der Waals surface area (Å²) in [4.78, 5) is 38.4. The normalized spacial score (nSPS) is 14.5. The van der Waals surface area contributed by atoms with Crippen LogP contribution in [0.15, 0.2) is 59.8 Å². The lowest BCUT2D eigenvalue weighted by Gasteiger charge is -2.45. The fourth-order valence-corrected chi connectivity index (χ4v) is 5.72. The minimum atomic E-state index is -1.03. The summed E-state index contributed by atoms with van der Waals surface area (Å²) in [5, 5.41) is 3.57. The summed E-state index contributed by atoms with van der Waals surface area (Å²) in [6.45, 7) is 3.98. The molecule has 7 nitrogen and oxygen atoms in total. The summed E-state index contributed by atoms with van der Waals surface area (Å²) in [7, 11) is 1.59. The number of methoxy groups -OCH3 is 1. The maximum atomic E-state index is 14.0. The van der Waals surface area contributed by atoms with Crippen LogP contribution >= 0.6 is 11.8 Å². The first-order valence-corrected chi connectivity index (χ1v) is 13.7. The molecule has 2 aromatic carbocycles. The lowest BCUT2D eigenvalue weighted by atomic mass is 9.79. The predicted octanol–water partition coefficient (Wildman–Crippen LogP) is 5.70. The van der Waals surface area contributed by atoms with E-state index in [0.717, 1.165) is 36.2 Å². The van der Waals surface area contributed by atoms with Gasteiger partial charge in [0, 0.05) is 23.6 Å². The van der Waals surface area contributed by atoms with E-state index in [9.17, 15) is 14.0 Å². The Bertz CT molecular complexity index is 1240. The third kappa shape index (κ3) is 6.69. The molecule has 0 unspecified atom stereocenters. The highest BCUT2D eigenvalue weighted by atomic mass is 32.2. The standard InChI is InChI=1S/C29H33FN4O3S/c1-20-17-21(2)32-28(31-20)38-19-26(35)34(18-22-7-9-23(30)10-8-22)29(15-5-4-6-16-29)27(36)33-24-11-13-25(37-3)14-12-24/h7-14,17H,4-6,15-16,18-19H2,1-3H3,(H,33,36). The van der Waals surface area contributed by atoms with Gasteiger partial charge in [0.25, 0.3) is 0 Å². The largest absolute Gasteiger partial charge is 0.497 e. The van der Waals surface area contributed by atoms with Crippen molar-refractivity contribution in [1.29, 1.82) is 0 Å². The van der Waals surface area contributed by atoms with Crippen LogP contribution in [-0.2, 0) is 16.1 Å². The SMILES string of the molecule is COc1ccc(NC(=O)C2(N(Cc3ccc(F)cc3)C(=O)CSc3nc(C)cc(C)n3)CCCCC2)cc1. The highest BCUT2D eigenvalue weighted by Crippen LogP contribution is 2.37. The first-order valence-electron chi connectivity index (χ1n) is 12.7. The summed E-state index contributed by atoms with van der Waals surface area (Å²) < 4.78 is 18.9. The van der Waals surface area contributed by atoms with Crippen molar-refractivity contribution in [2.75, 3.05) is 18.2 Å².